The van der Waals surface area contributed by atoms with Crippen molar-refractivity contribution in [1.29, 1.82) is 0 Å². The first-order valence-electron chi connectivity index (χ1n) is 5.79. The van der Waals surface area contributed by atoms with Gasteiger partial charge in [-0.15, -0.1) is 0 Å². The molecule has 2 saturated heterocycles. The molecule has 0 aromatic rings. The largest absolute Gasteiger partial charge is 0.463 e. The molecule has 2 aliphatic heterocycles. The van der Waals surface area contributed by atoms with Crippen LogP contribution in [0.4, 0.5) is 0 Å². The minimum Gasteiger partial charge on any atom is -0.463 e. The van der Waals surface area contributed by atoms with Crippen LogP contribution in [0, 0.1) is 0 Å². The van der Waals surface area contributed by atoms with Crippen LogP contribution < -0.4 is 0 Å². The summed E-state index contributed by atoms with van der Waals surface area (Å²) in [4.78, 5) is 10.7. The van der Waals surface area contributed by atoms with Gasteiger partial charge in [-0.3, -0.25) is 4.79 Å². The number of ether oxygens (including phenoxy) is 4. The molecular weight excluding hydrogens is 212 g/mol. The molecule has 0 amide bonds. The summed E-state index contributed by atoms with van der Waals surface area (Å²) in [6.45, 7) is 2.71. The molecule has 0 radical (unpaired) electrons. The van der Waals surface area contributed by atoms with Crippen molar-refractivity contribution in [3.05, 3.63) is 0 Å². The third kappa shape index (κ3) is 2.93. The molecule has 92 valence electrons. The van der Waals surface area contributed by atoms with E-state index in [0.29, 0.717) is 13.2 Å². The summed E-state index contributed by atoms with van der Waals surface area (Å²) in [5, 5.41) is 0. The fourth-order valence-electron chi connectivity index (χ4n) is 1.96. The van der Waals surface area contributed by atoms with E-state index in [9.17, 15) is 4.79 Å². The van der Waals surface area contributed by atoms with Crippen LogP contribution in [0.15, 0.2) is 0 Å². The van der Waals surface area contributed by atoms with Crippen LogP contribution >= 0.6 is 0 Å². The van der Waals surface area contributed by atoms with Crippen molar-refractivity contribution in [1.82, 2.24) is 0 Å². The Morgan fingerprint density at radius 1 is 1.38 bits per heavy atom. The second-order valence-electron chi connectivity index (χ2n) is 4.20. The highest BCUT2D eigenvalue weighted by molar-refractivity contribution is 5.65. The molecule has 0 N–H and O–H groups in total. The number of carbonyl (C=O) groups excluding carboxylic acids is 1. The van der Waals surface area contributed by atoms with Crippen molar-refractivity contribution < 1.29 is 23.7 Å². The molecule has 0 saturated carbocycles. The van der Waals surface area contributed by atoms with E-state index < -0.39 is 5.97 Å². The molecule has 2 rings (SSSR count). The van der Waals surface area contributed by atoms with Crippen LogP contribution in [0.2, 0.25) is 0 Å². The van der Waals surface area contributed by atoms with Crippen molar-refractivity contribution in [2.24, 2.45) is 0 Å². The second kappa shape index (κ2) is 5.12. The summed E-state index contributed by atoms with van der Waals surface area (Å²) in [6, 6.07) is 0. The Bertz CT molecular complexity index is 245. The molecule has 5 nitrogen and oxygen atoms in total. The van der Waals surface area contributed by atoms with Crippen LogP contribution in [0.5, 0.6) is 0 Å². The predicted molar refractivity (Wildman–Crippen MR) is 54.6 cm³/mol. The van der Waals surface area contributed by atoms with Gasteiger partial charge in [0, 0.05) is 13.3 Å². The lowest BCUT2D eigenvalue weighted by Gasteiger charge is -2.25. The topological polar surface area (TPSA) is 54.0 Å². The first-order chi connectivity index (χ1) is 7.70. The highest BCUT2D eigenvalue weighted by atomic mass is 16.9. The average molecular weight is 230 g/mol. The maximum Gasteiger partial charge on any atom is 0.302 e. The van der Waals surface area contributed by atoms with Crippen LogP contribution in [0.1, 0.15) is 32.6 Å². The molecule has 2 unspecified atom stereocenters. The molecule has 2 heterocycles. The Labute approximate surface area is 95.0 Å². The fraction of sp³-hybridized carbons (Fsp3) is 0.909. The van der Waals surface area contributed by atoms with Gasteiger partial charge in [0.25, 0.3) is 5.97 Å². The van der Waals surface area contributed by atoms with Gasteiger partial charge in [0.2, 0.25) is 0 Å². The van der Waals surface area contributed by atoms with E-state index in [1.165, 1.54) is 6.92 Å². The summed E-state index contributed by atoms with van der Waals surface area (Å²) in [5.41, 5.74) is 0. The smallest absolute Gasteiger partial charge is 0.302 e. The van der Waals surface area contributed by atoms with E-state index >= 15 is 0 Å². The number of carbonyl (C=O) groups is 1. The third-order valence-corrected chi connectivity index (χ3v) is 2.76. The Balaban J connectivity index is 1.83. The van der Waals surface area contributed by atoms with E-state index in [2.05, 4.69) is 0 Å². The normalized spacial score (nSPS) is 34.9. The highest BCUT2D eigenvalue weighted by Crippen LogP contribution is 2.33. The zero-order valence-electron chi connectivity index (χ0n) is 9.57. The lowest BCUT2D eigenvalue weighted by atomic mass is 10.2. The SMILES string of the molecule is CC(=O)OCC1COC2(CCCCCO2)O1. The summed E-state index contributed by atoms with van der Waals surface area (Å²) >= 11 is 0. The maximum atomic E-state index is 10.7. The van der Waals surface area contributed by atoms with Gasteiger partial charge in [0.1, 0.15) is 12.7 Å². The Morgan fingerprint density at radius 2 is 2.25 bits per heavy atom. The van der Waals surface area contributed by atoms with Crippen molar-refractivity contribution >= 4 is 5.97 Å². The Kier molecular flexibility index (Phi) is 3.78. The zero-order chi connectivity index (χ0) is 11.4. The van der Waals surface area contributed by atoms with Crippen molar-refractivity contribution in [2.75, 3.05) is 19.8 Å². The fourth-order valence-corrected chi connectivity index (χ4v) is 1.96. The maximum absolute atomic E-state index is 10.7. The molecule has 5 heteroatoms. The number of rotatable bonds is 2. The van der Waals surface area contributed by atoms with Gasteiger partial charge in [0.15, 0.2) is 0 Å². The monoisotopic (exact) mass is 230 g/mol. The predicted octanol–water partition coefficient (Wildman–Crippen LogP) is 1.21. The van der Waals surface area contributed by atoms with E-state index in [0.717, 1.165) is 25.7 Å². The Morgan fingerprint density at radius 3 is 3.06 bits per heavy atom. The van der Waals surface area contributed by atoms with Gasteiger partial charge >= 0.3 is 5.97 Å². The average Bonchev–Trinajstić information content (AvgIpc) is 2.49. The molecule has 1 spiro atoms. The molecule has 0 aromatic carbocycles. The molecular formula is C11H18O5. The van der Waals surface area contributed by atoms with Gasteiger partial charge in [-0.25, -0.2) is 0 Å². The van der Waals surface area contributed by atoms with Crippen molar-refractivity contribution in [3.63, 3.8) is 0 Å². The standard InChI is InChI=1S/C11H18O5/c1-9(12)13-7-10-8-15-11(16-10)5-3-2-4-6-14-11/h10H,2-8H2,1H3. The van der Waals surface area contributed by atoms with Gasteiger partial charge in [-0.1, -0.05) is 6.42 Å². The number of esters is 1. The molecule has 0 bridgehead atoms. The van der Waals surface area contributed by atoms with Crippen molar-refractivity contribution in [2.45, 2.75) is 44.7 Å². The van der Waals surface area contributed by atoms with Crippen LogP contribution in [0.25, 0.3) is 0 Å². The van der Waals surface area contributed by atoms with E-state index in [1.807, 2.05) is 0 Å². The van der Waals surface area contributed by atoms with E-state index in [4.69, 9.17) is 18.9 Å². The van der Waals surface area contributed by atoms with Crippen LogP contribution in [-0.2, 0) is 23.7 Å². The summed E-state index contributed by atoms with van der Waals surface area (Å²) in [6.07, 6.45) is 3.78. The number of hydrogen-bond acceptors (Lipinski definition) is 5. The third-order valence-electron chi connectivity index (χ3n) is 2.76. The Hall–Kier alpha value is -0.650. The molecule has 16 heavy (non-hydrogen) atoms. The van der Waals surface area contributed by atoms with Crippen LogP contribution in [0.3, 0.4) is 0 Å². The first kappa shape index (κ1) is 11.8. The second-order valence-corrected chi connectivity index (χ2v) is 4.20. The van der Waals surface area contributed by atoms with Gasteiger partial charge in [0.05, 0.1) is 13.2 Å². The van der Waals surface area contributed by atoms with E-state index in [-0.39, 0.29) is 18.7 Å². The van der Waals surface area contributed by atoms with Crippen LogP contribution in [-0.4, -0.2) is 37.9 Å². The first-order valence-corrected chi connectivity index (χ1v) is 5.79. The lowest BCUT2D eigenvalue weighted by Crippen LogP contribution is -2.34. The van der Waals surface area contributed by atoms with Crippen molar-refractivity contribution in [3.8, 4) is 0 Å². The lowest BCUT2D eigenvalue weighted by molar-refractivity contribution is -0.337. The molecule has 2 fully saturated rings. The summed E-state index contributed by atoms with van der Waals surface area (Å²) < 4.78 is 21.8. The molecule has 2 atom stereocenters. The summed E-state index contributed by atoms with van der Waals surface area (Å²) in [7, 11) is 0. The molecule has 0 aliphatic carbocycles. The molecule has 2 aliphatic rings. The number of hydrogen-bond donors (Lipinski definition) is 0. The quantitative estimate of drug-likeness (QED) is 0.667. The minimum absolute atomic E-state index is 0.206. The summed E-state index contributed by atoms with van der Waals surface area (Å²) in [5.74, 6) is -1.17. The van der Waals surface area contributed by atoms with Gasteiger partial charge in [-0.2, -0.15) is 0 Å². The molecule has 0 aromatic heterocycles. The highest BCUT2D eigenvalue weighted by Gasteiger charge is 2.43. The van der Waals surface area contributed by atoms with Gasteiger partial charge in [-0.05, 0) is 12.8 Å². The zero-order valence-corrected chi connectivity index (χ0v) is 9.57. The minimum atomic E-state index is -0.874. The van der Waals surface area contributed by atoms with Gasteiger partial charge < -0.3 is 18.9 Å². The van der Waals surface area contributed by atoms with E-state index in [1.54, 1.807) is 0 Å².